The molecule has 0 bridgehead atoms. The minimum atomic E-state index is -1.95. The summed E-state index contributed by atoms with van der Waals surface area (Å²) in [6.45, 7) is 12.4. The van der Waals surface area contributed by atoms with Crippen molar-refractivity contribution in [2.75, 3.05) is 6.61 Å². The molecule has 0 saturated heterocycles. The second-order valence-corrected chi connectivity index (χ2v) is 14.1. The van der Waals surface area contributed by atoms with Gasteiger partial charge >= 0.3 is 11.9 Å². The molecule has 2 fully saturated rings. The van der Waals surface area contributed by atoms with Gasteiger partial charge in [0.05, 0.1) is 12.2 Å². The maximum Gasteiger partial charge on any atom is 0.333 e. The van der Waals surface area contributed by atoms with Gasteiger partial charge in [0.1, 0.15) is 11.7 Å². The Morgan fingerprint density at radius 1 is 1.07 bits per heavy atom. The number of carbonyl (C=O) groups excluding carboxylic acids is 3. The number of allylic oxidation sites excluding steroid dienone is 1. The van der Waals surface area contributed by atoms with E-state index in [1.165, 1.54) is 19.3 Å². The van der Waals surface area contributed by atoms with Gasteiger partial charge in [0.15, 0.2) is 11.4 Å². The lowest BCUT2D eigenvalue weighted by Crippen LogP contribution is -2.66. The first-order valence-electron chi connectivity index (χ1n) is 16.2. The van der Waals surface area contributed by atoms with Crippen LogP contribution in [0.15, 0.2) is 34.9 Å². The van der Waals surface area contributed by atoms with Gasteiger partial charge in [0, 0.05) is 47.5 Å². The number of aliphatic hydroxyl groups is 3. The molecular weight excluding hydrogens is 548 g/mol. The molecule has 0 heterocycles. The van der Waals surface area contributed by atoms with Gasteiger partial charge in [-0.25, -0.2) is 4.79 Å². The lowest BCUT2D eigenvalue weighted by atomic mass is 9.59. The SMILES string of the molecule is C/C=C(\C)C(=O)O[C@@H]1[C@@H](C)[C@]2(O)[C@H](C=C(CO)C[C@]3(O)C(=O)C(C)=C[C@@H]23)[C@@H]2C(C)(C)[C@]12OC(=O)CCCCCCCCC. The van der Waals surface area contributed by atoms with E-state index in [9.17, 15) is 29.7 Å². The lowest BCUT2D eigenvalue weighted by Gasteiger charge is -2.53. The van der Waals surface area contributed by atoms with E-state index in [4.69, 9.17) is 9.47 Å². The quantitative estimate of drug-likeness (QED) is 0.122. The molecular formula is C35H52O8. The number of Topliss-reactive ketones (excluding diaryl/α,β-unsaturated/α-hetero) is 1. The molecule has 0 aromatic carbocycles. The minimum Gasteiger partial charge on any atom is -0.454 e. The van der Waals surface area contributed by atoms with Crippen LogP contribution in [0, 0.1) is 29.1 Å². The second kappa shape index (κ2) is 12.2. The third kappa shape index (κ3) is 5.25. The van der Waals surface area contributed by atoms with Gasteiger partial charge in [0.25, 0.3) is 0 Å². The zero-order chi connectivity index (χ0) is 32.0. The first-order valence-corrected chi connectivity index (χ1v) is 16.2. The van der Waals surface area contributed by atoms with E-state index in [1.54, 1.807) is 45.9 Å². The number of ketones is 1. The van der Waals surface area contributed by atoms with Gasteiger partial charge in [0.2, 0.25) is 0 Å². The molecule has 0 aliphatic heterocycles. The number of hydrogen-bond acceptors (Lipinski definition) is 8. The van der Waals surface area contributed by atoms with Gasteiger partial charge < -0.3 is 24.8 Å². The van der Waals surface area contributed by atoms with Gasteiger partial charge in [-0.3, -0.25) is 9.59 Å². The molecule has 4 aliphatic rings. The molecule has 0 aromatic heterocycles. The van der Waals surface area contributed by atoms with Gasteiger partial charge in [-0.2, -0.15) is 0 Å². The molecule has 240 valence electrons. The number of rotatable bonds is 12. The van der Waals surface area contributed by atoms with Crippen molar-refractivity contribution in [3.05, 3.63) is 34.9 Å². The molecule has 0 spiro atoms. The number of unbranched alkanes of at least 4 members (excludes halogenated alkanes) is 6. The fourth-order valence-corrected chi connectivity index (χ4v) is 8.62. The van der Waals surface area contributed by atoms with Crippen molar-refractivity contribution >= 4 is 17.7 Å². The molecule has 8 heteroatoms. The Hall–Kier alpha value is -2.29. The highest BCUT2D eigenvalue weighted by atomic mass is 16.6. The zero-order valence-electron chi connectivity index (χ0n) is 27.1. The van der Waals surface area contributed by atoms with Crippen molar-refractivity contribution in [2.45, 2.75) is 129 Å². The Labute approximate surface area is 256 Å². The van der Waals surface area contributed by atoms with Gasteiger partial charge in [-0.05, 0) is 38.3 Å². The van der Waals surface area contributed by atoms with Crippen molar-refractivity contribution in [3.63, 3.8) is 0 Å². The van der Waals surface area contributed by atoms with E-state index in [0.717, 1.165) is 19.3 Å². The van der Waals surface area contributed by atoms with E-state index in [1.807, 2.05) is 13.8 Å². The summed E-state index contributed by atoms with van der Waals surface area (Å²) in [6.07, 6.45) is 11.6. The summed E-state index contributed by atoms with van der Waals surface area (Å²) in [6, 6.07) is 0. The van der Waals surface area contributed by atoms with Crippen LogP contribution in [0.1, 0.15) is 106 Å². The highest BCUT2D eigenvalue weighted by molar-refractivity contribution is 6.04. The van der Waals surface area contributed by atoms with Crippen molar-refractivity contribution in [1.82, 2.24) is 0 Å². The molecule has 2 saturated carbocycles. The smallest absolute Gasteiger partial charge is 0.333 e. The highest BCUT2D eigenvalue weighted by Gasteiger charge is 2.88. The number of carbonyl (C=O) groups is 3. The molecule has 8 nitrogen and oxygen atoms in total. The minimum absolute atomic E-state index is 0.118. The summed E-state index contributed by atoms with van der Waals surface area (Å²) in [5.74, 6) is -4.44. The van der Waals surface area contributed by atoms with E-state index < -0.39 is 63.7 Å². The molecule has 3 N–H and O–H groups in total. The van der Waals surface area contributed by atoms with Crippen molar-refractivity contribution in [2.24, 2.45) is 29.1 Å². The van der Waals surface area contributed by atoms with Crippen LogP contribution >= 0.6 is 0 Å². The molecule has 8 atom stereocenters. The summed E-state index contributed by atoms with van der Waals surface area (Å²) in [7, 11) is 0. The lowest BCUT2D eigenvalue weighted by molar-refractivity contribution is -0.227. The predicted molar refractivity (Wildman–Crippen MR) is 163 cm³/mol. The van der Waals surface area contributed by atoms with Crippen LogP contribution in [0.5, 0.6) is 0 Å². The largest absolute Gasteiger partial charge is 0.454 e. The number of hydrogen-bond donors (Lipinski definition) is 3. The van der Waals surface area contributed by atoms with Crippen LogP contribution in [0.2, 0.25) is 0 Å². The van der Waals surface area contributed by atoms with E-state index in [-0.39, 0.29) is 25.4 Å². The molecule has 0 unspecified atom stereocenters. The number of esters is 2. The Bertz CT molecular complexity index is 1210. The van der Waals surface area contributed by atoms with Crippen LogP contribution in [-0.2, 0) is 23.9 Å². The molecule has 43 heavy (non-hydrogen) atoms. The Morgan fingerprint density at radius 2 is 1.70 bits per heavy atom. The van der Waals surface area contributed by atoms with Crippen LogP contribution in [0.25, 0.3) is 0 Å². The second-order valence-electron chi connectivity index (χ2n) is 14.1. The summed E-state index contributed by atoms with van der Waals surface area (Å²) >= 11 is 0. The molecule has 4 aliphatic carbocycles. The number of aliphatic hydroxyl groups excluding tert-OH is 1. The van der Waals surface area contributed by atoms with Crippen molar-refractivity contribution in [3.8, 4) is 0 Å². The van der Waals surface area contributed by atoms with Crippen LogP contribution in [-0.4, -0.2) is 62.6 Å². The van der Waals surface area contributed by atoms with E-state index in [0.29, 0.717) is 23.1 Å². The zero-order valence-corrected chi connectivity index (χ0v) is 27.1. The van der Waals surface area contributed by atoms with Crippen molar-refractivity contribution < 1.29 is 39.2 Å². The third-order valence-corrected chi connectivity index (χ3v) is 11.2. The molecule has 0 radical (unpaired) electrons. The Kier molecular flexibility index (Phi) is 9.57. The third-order valence-electron chi connectivity index (χ3n) is 11.2. The first-order chi connectivity index (χ1) is 20.2. The average Bonchev–Trinajstić information content (AvgIpc) is 3.39. The van der Waals surface area contributed by atoms with E-state index >= 15 is 0 Å². The first kappa shape index (κ1) is 33.6. The molecule has 0 aromatic rings. The Morgan fingerprint density at radius 3 is 2.30 bits per heavy atom. The molecule has 0 amide bonds. The van der Waals surface area contributed by atoms with Crippen LogP contribution in [0.3, 0.4) is 0 Å². The standard InChI is InChI=1S/C35H52O8/c1-8-10-11-12-13-14-15-16-27(37)43-35-28(32(35,6)7)25-18-24(20-36)19-33(40)26(17-22(4)29(33)38)34(25,41)23(5)30(35)42-31(39)21(3)9-2/h9,17-18,23,25-26,28,30,36,40-41H,8,10-16,19-20H2,1-7H3/b21-9+/t23-,25-,26-,28-,30-,33-,34+,35-/m1/s1. The van der Waals surface area contributed by atoms with Crippen molar-refractivity contribution in [1.29, 1.82) is 0 Å². The monoisotopic (exact) mass is 600 g/mol. The summed E-state index contributed by atoms with van der Waals surface area (Å²) in [4.78, 5) is 40.0. The normalized spacial score (nSPS) is 37.8. The van der Waals surface area contributed by atoms with Gasteiger partial charge in [-0.1, -0.05) is 84.4 Å². The van der Waals surface area contributed by atoms with E-state index in [2.05, 4.69) is 6.92 Å². The highest BCUT2D eigenvalue weighted by Crippen LogP contribution is 2.77. The average molecular weight is 601 g/mol. The summed E-state index contributed by atoms with van der Waals surface area (Å²) < 4.78 is 12.6. The number of fused-ring (bicyclic) bond motifs is 5. The van der Waals surface area contributed by atoms with Crippen LogP contribution < -0.4 is 0 Å². The molecule has 4 rings (SSSR count). The summed E-state index contributed by atoms with van der Waals surface area (Å²) in [5, 5.41) is 35.0. The maximum absolute atomic E-state index is 13.5. The maximum atomic E-state index is 13.5. The summed E-state index contributed by atoms with van der Waals surface area (Å²) in [5.41, 5.74) is -4.46. The topological polar surface area (TPSA) is 130 Å². The fourth-order valence-electron chi connectivity index (χ4n) is 8.62. The number of ether oxygens (including phenoxy) is 2. The van der Waals surface area contributed by atoms with Crippen LogP contribution in [0.4, 0.5) is 0 Å². The fraction of sp³-hybridized carbons (Fsp3) is 0.743. The Balaban J connectivity index is 1.73. The van der Waals surface area contributed by atoms with Gasteiger partial charge in [-0.15, -0.1) is 0 Å². The predicted octanol–water partition coefficient (Wildman–Crippen LogP) is 5.14.